The first-order valence-corrected chi connectivity index (χ1v) is 27.2. The van der Waals surface area contributed by atoms with Crippen LogP contribution in [0.5, 0.6) is 0 Å². The van der Waals surface area contributed by atoms with Crippen LogP contribution in [-0.4, -0.2) is 143 Å². The van der Waals surface area contributed by atoms with Gasteiger partial charge in [-0.1, -0.05) is 21.6 Å². The Hall–Kier alpha value is -1.70. The summed E-state index contributed by atoms with van der Waals surface area (Å²) in [6.07, 6.45) is 8.20. The lowest BCUT2D eigenvalue weighted by atomic mass is 9.70. The number of nitrogens with two attached hydrogens (primary N) is 3. The van der Waals surface area contributed by atoms with Crippen LogP contribution in [-0.2, 0) is 28.7 Å². The third kappa shape index (κ3) is 33.8. The summed E-state index contributed by atoms with van der Waals surface area (Å²) in [6, 6.07) is 0.922. The van der Waals surface area contributed by atoms with Gasteiger partial charge in [-0.2, -0.15) is 25.3 Å². The van der Waals surface area contributed by atoms with Gasteiger partial charge in [-0.15, -0.1) is 17.0 Å². The first-order chi connectivity index (χ1) is 31.3. The molecule has 18 nitrogen and oxygen atoms in total. The molecule has 0 aromatic rings. The van der Waals surface area contributed by atoms with Crippen molar-refractivity contribution in [3.8, 4) is 0 Å². The van der Waals surface area contributed by atoms with E-state index in [1.807, 2.05) is 0 Å². The van der Waals surface area contributed by atoms with Crippen molar-refractivity contribution in [3.63, 3.8) is 0 Å². The monoisotopic (exact) mass is 1110 g/mol. The molecule has 0 aromatic heterocycles. The summed E-state index contributed by atoms with van der Waals surface area (Å²) < 4.78 is 10.4. The van der Waals surface area contributed by atoms with E-state index in [1.54, 1.807) is 63.1 Å². The van der Waals surface area contributed by atoms with E-state index in [4.69, 9.17) is 36.9 Å². The number of aliphatic carboxylic acids is 3. The number of halogens is 1. The lowest BCUT2D eigenvalue weighted by Crippen LogP contribution is -2.46. The predicted octanol–water partition coefficient (Wildman–Crippen LogP) is 6.28. The normalized spacial score (nSPS) is 22.1. The number of hydrogen-bond donors (Lipinski definition) is 12. The zero-order valence-corrected chi connectivity index (χ0v) is 46.6. The molecule has 0 saturated heterocycles. The number of carboxylic acid groups (broad SMARTS) is 3. The van der Waals surface area contributed by atoms with Crippen LogP contribution in [0.3, 0.4) is 0 Å². The third-order valence-corrected chi connectivity index (χ3v) is 14.5. The van der Waals surface area contributed by atoms with E-state index < -0.39 is 46.7 Å². The van der Waals surface area contributed by atoms with Crippen LogP contribution in [0.2, 0.25) is 0 Å². The summed E-state index contributed by atoms with van der Waals surface area (Å²) in [5, 5.41) is 39.4. The Labute approximate surface area is 435 Å². The number of Topliss-reactive ketones (excluding diaryl/α,β-unsaturated/α-hetero) is 1. The average Bonchev–Trinajstić information content (AvgIpc) is 3.23. The lowest BCUT2D eigenvalue weighted by molar-refractivity contribution is -0.142. The Kier molecular flexibility index (Phi) is 36.5. The number of thiol groups is 2. The van der Waals surface area contributed by atoms with Crippen LogP contribution < -0.4 is 38.5 Å². The second-order valence-electron chi connectivity index (χ2n) is 19.8. The van der Waals surface area contributed by atoms with E-state index in [1.165, 1.54) is 0 Å². The molecule has 400 valence electrons. The molecule has 3 aliphatic carbocycles. The van der Waals surface area contributed by atoms with E-state index in [0.29, 0.717) is 50.9 Å². The van der Waals surface area contributed by atoms with Crippen molar-refractivity contribution < 1.29 is 53.6 Å². The first-order valence-electron chi connectivity index (χ1n) is 23.4. The average molecular weight is 1110 g/mol. The van der Waals surface area contributed by atoms with Crippen LogP contribution in [0.15, 0.2) is 0 Å². The molecule has 2 amide bonds. The summed E-state index contributed by atoms with van der Waals surface area (Å²) >= 11 is 8.35. The van der Waals surface area contributed by atoms with Crippen molar-refractivity contribution in [1.82, 2.24) is 21.3 Å². The van der Waals surface area contributed by atoms with Crippen LogP contribution in [0.4, 0.5) is 9.59 Å². The van der Waals surface area contributed by atoms with Gasteiger partial charge in [-0.3, -0.25) is 19.2 Å². The van der Waals surface area contributed by atoms with E-state index in [0.717, 1.165) is 101 Å². The van der Waals surface area contributed by atoms with Gasteiger partial charge in [0, 0.05) is 87.2 Å². The highest BCUT2D eigenvalue weighted by Gasteiger charge is 2.39. The second kappa shape index (κ2) is 36.3. The molecule has 0 radical (unpaired) electrons. The molecule has 3 fully saturated rings. The van der Waals surface area contributed by atoms with E-state index in [-0.39, 0.29) is 59.4 Å². The van der Waals surface area contributed by atoms with Gasteiger partial charge >= 0.3 is 30.1 Å². The minimum Gasteiger partial charge on any atom is -0.481 e. The molecular weight excluding hydrogens is 1020 g/mol. The summed E-state index contributed by atoms with van der Waals surface area (Å²) in [5.41, 5.74) is 14.0. The van der Waals surface area contributed by atoms with Crippen molar-refractivity contribution in [2.24, 2.45) is 33.4 Å². The van der Waals surface area contributed by atoms with Gasteiger partial charge < -0.3 is 63.3 Å². The Balaban J connectivity index is 0. The number of ketones is 1. The fourth-order valence-corrected chi connectivity index (χ4v) is 10.0. The summed E-state index contributed by atoms with van der Waals surface area (Å²) in [4.78, 5) is 67.8. The maximum Gasteiger partial charge on any atom is 0.407 e. The van der Waals surface area contributed by atoms with Gasteiger partial charge in [0.25, 0.3) is 0 Å². The Morgan fingerprint density at radius 2 is 0.941 bits per heavy atom. The van der Waals surface area contributed by atoms with Crippen LogP contribution >= 0.6 is 63.8 Å². The molecule has 23 heteroatoms. The van der Waals surface area contributed by atoms with Crippen molar-refractivity contribution >= 4 is 99.7 Å². The molecule has 0 atom stereocenters. The maximum absolute atomic E-state index is 11.8. The predicted molar refractivity (Wildman–Crippen MR) is 287 cm³/mol. The van der Waals surface area contributed by atoms with Crippen LogP contribution in [0.25, 0.3) is 0 Å². The van der Waals surface area contributed by atoms with Gasteiger partial charge in [0.05, 0.1) is 19.3 Å². The minimum absolute atomic E-state index is 0. The number of amides is 2. The van der Waals surface area contributed by atoms with E-state index in [2.05, 4.69) is 46.5 Å². The molecule has 3 aliphatic rings. The smallest absolute Gasteiger partial charge is 0.407 e. The van der Waals surface area contributed by atoms with Crippen molar-refractivity contribution in [1.29, 1.82) is 0 Å². The molecule has 0 bridgehead atoms. The zero-order chi connectivity index (χ0) is 51.2. The first kappa shape index (κ1) is 68.4. The topological polar surface area (TPSA) is 308 Å². The number of alkyl carbamates (subject to hydrolysis) is 2. The van der Waals surface area contributed by atoms with Gasteiger partial charge in [0.1, 0.15) is 17.0 Å². The SMILES string of the molecule is Br.CC(C)(C)OC(=O)NCC1(CC(=O)O)CCC(=O)CC1.CC(C)(C)OC(=O)NCC1(CC(=O)O)CCC(NCCS)CC1.NCC1(CC(=O)O)CCC(NCCS)CC1.NCCSSCCN. The zero-order valence-electron chi connectivity index (χ0n) is 41.5. The Morgan fingerprint density at radius 1 is 0.618 bits per heavy atom. The molecule has 13 N–H and O–H groups in total. The van der Waals surface area contributed by atoms with Gasteiger partial charge in [-0.05, 0) is 129 Å². The molecule has 3 rings (SSSR count). The van der Waals surface area contributed by atoms with E-state index >= 15 is 0 Å². The molecule has 68 heavy (non-hydrogen) atoms. The van der Waals surface area contributed by atoms with Crippen molar-refractivity contribution in [3.05, 3.63) is 0 Å². The van der Waals surface area contributed by atoms with Gasteiger partial charge in [0.15, 0.2) is 0 Å². The highest BCUT2D eigenvalue weighted by Crippen LogP contribution is 2.40. The summed E-state index contributed by atoms with van der Waals surface area (Å²) in [5.74, 6) is 1.39. The lowest BCUT2D eigenvalue weighted by Gasteiger charge is -2.39. The highest BCUT2D eigenvalue weighted by molar-refractivity contribution is 8.93. The van der Waals surface area contributed by atoms with Crippen molar-refractivity contribution in [2.45, 2.75) is 161 Å². The largest absolute Gasteiger partial charge is 0.481 e. The fourth-order valence-electron chi connectivity index (χ4n) is 8.07. The maximum atomic E-state index is 11.8. The number of nitrogens with one attached hydrogen (secondary N) is 4. The number of carboxylic acids is 3. The second-order valence-corrected chi connectivity index (χ2v) is 23.4. The number of rotatable bonds is 22. The molecule has 0 heterocycles. The van der Waals surface area contributed by atoms with Crippen LogP contribution in [0.1, 0.15) is 138 Å². The third-order valence-electron chi connectivity index (χ3n) is 11.6. The summed E-state index contributed by atoms with van der Waals surface area (Å²) in [6.45, 7) is 15.1. The number of ether oxygens (including phenoxy) is 2. The standard InChI is InChI=1S/C16H30N2O4S.C14H23NO5.C11H22N2O2S.C4H12N2S2.BrH/c1-15(2,3)22-14(21)18-11-16(10-13(19)20)6-4-12(5-7-16)17-8-9-23;1-13(2,3)20-12(19)15-9-14(8-11(17)18)6-4-10(16)5-7-14;12-8-11(7-10(14)15)3-1-9(2-4-11)13-5-6-16;5-1-3-7-8-4-2-6;/h12,17,23H,4-11H2,1-3H3,(H,18,21)(H,19,20);4-9H2,1-3H3,(H,15,19)(H,17,18);9,13,16H,1-8,12H2,(H,14,15);1-6H2;1H. The van der Waals surface area contributed by atoms with E-state index in [9.17, 15) is 33.9 Å². The van der Waals surface area contributed by atoms with Crippen molar-refractivity contribution in [2.75, 3.05) is 68.8 Å². The molecule has 3 saturated carbocycles. The number of carbonyl (C=O) groups is 6. The number of hydrogen-bond acceptors (Lipinski definition) is 17. The molecular formula is C45H88BrN7O11S4. The Bertz CT molecular complexity index is 1450. The molecule has 0 aliphatic heterocycles. The summed E-state index contributed by atoms with van der Waals surface area (Å²) in [7, 11) is 3.58. The highest BCUT2D eigenvalue weighted by atomic mass is 79.9. The minimum atomic E-state index is -0.912. The van der Waals surface area contributed by atoms with Crippen LogP contribution in [0, 0.1) is 16.2 Å². The molecule has 0 unspecified atom stereocenters. The van der Waals surface area contributed by atoms with Gasteiger partial charge in [0.2, 0.25) is 0 Å². The quantitative estimate of drug-likeness (QED) is 0.0322. The van der Waals surface area contributed by atoms with Gasteiger partial charge in [-0.25, -0.2) is 9.59 Å². The number of carbonyl (C=O) groups excluding carboxylic acids is 3. The fraction of sp³-hybridized carbons (Fsp3) is 0.867. The Morgan fingerprint density at radius 3 is 1.24 bits per heavy atom. The molecule has 0 spiro atoms. The molecule has 0 aromatic carbocycles.